The molecule has 0 fully saturated rings. The lowest BCUT2D eigenvalue weighted by Gasteiger charge is -2.12. The van der Waals surface area contributed by atoms with Crippen molar-refractivity contribution in [1.82, 2.24) is 0 Å². The number of nitrogens with one attached hydrogen (secondary N) is 1. The van der Waals surface area contributed by atoms with Crippen LogP contribution in [0.5, 0.6) is 0 Å². The summed E-state index contributed by atoms with van der Waals surface area (Å²) in [6.07, 6.45) is -4.47. The van der Waals surface area contributed by atoms with Gasteiger partial charge in [0.2, 0.25) is 0 Å². The van der Waals surface area contributed by atoms with Crippen molar-refractivity contribution in [2.45, 2.75) is 6.18 Å². The van der Waals surface area contributed by atoms with Gasteiger partial charge in [-0.05, 0) is 41.5 Å². The van der Waals surface area contributed by atoms with E-state index in [0.29, 0.717) is 11.1 Å². The van der Waals surface area contributed by atoms with Crippen molar-refractivity contribution in [3.63, 3.8) is 0 Å². The van der Waals surface area contributed by atoms with Gasteiger partial charge in [-0.1, -0.05) is 36.4 Å². The van der Waals surface area contributed by atoms with Gasteiger partial charge in [-0.25, -0.2) is 8.78 Å². The first-order chi connectivity index (χ1) is 12.8. The maximum absolute atomic E-state index is 13.8. The van der Waals surface area contributed by atoms with Crippen LogP contribution in [-0.4, -0.2) is 5.91 Å². The number of carbonyl (C=O) groups excluding carboxylic acids is 1. The van der Waals surface area contributed by atoms with E-state index in [2.05, 4.69) is 5.32 Å². The fraction of sp³-hybridized carbons (Fsp3) is 0.0500. The van der Waals surface area contributed by atoms with Crippen LogP contribution in [0.1, 0.15) is 15.9 Å². The molecule has 0 heterocycles. The van der Waals surface area contributed by atoms with Crippen LogP contribution in [0, 0.1) is 11.6 Å². The molecule has 0 bridgehead atoms. The Balaban J connectivity index is 1.94. The van der Waals surface area contributed by atoms with E-state index in [1.165, 1.54) is 30.3 Å². The van der Waals surface area contributed by atoms with Crippen LogP contribution in [0.25, 0.3) is 11.1 Å². The normalized spacial score (nSPS) is 11.3. The second-order valence-electron chi connectivity index (χ2n) is 5.68. The largest absolute Gasteiger partial charge is 0.416 e. The zero-order chi connectivity index (χ0) is 19.6. The topological polar surface area (TPSA) is 29.1 Å². The van der Waals surface area contributed by atoms with Crippen molar-refractivity contribution in [2.75, 3.05) is 5.32 Å². The Morgan fingerprint density at radius 3 is 2.15 bits per heavy atom. The van der Waals surface area contributed by atoms with Crippen LogP contribution in [-0.2, 0) is 6.18 Å². The molecule has 0 saturated heterocycles. The summed E-state index contributed by atoms with van der Waals surface area (Å²) in [4.78, 5) is 12.5. The predicted molar refractivity (Wildman–Crippen MR) is 91.2 cm³/mol. The molecule has 2 nitrogen and oxygen atoms in total. The molecular weight excluding hydrogens is 365 g/mol. The Labute approximate surface area is 151 Å². The highest BCUT2D eigenvalue weighted by Gasteiger charge is 2.30. The number of alkyl halides is 3. The van der Waals surface area contributed by atoms with Crippen molar-refractivity contribution < 1.29 is 26.7 Å². The fourth-order valence-corrected chi connectivity index (χ4v) is 2.56. The first kappa shape index (κ1) is 18.6. The first-order valence-corrected chi connectivity index (χ1v) is 7.79. The van der Waals surface area contributed by atoms with Crippen molar-refractivity contribution in [3.8, 4) is 11.1 Å². The Morgan fingerprint density at radius 1 is 0.815 bits per heavy atom. The Morgan fingerprint density at radius 2 is 1.48 bits per heavy atom. The van der Waals surface area contributed by atoms with Gasteiger partial charge < -0.3 is 5.32 Å². The molecule has 7 heteroatoms. The summed E-state index contributed by atoms with van der Waals surface area (Å²) in [5.41, 5.74) is -0.285. The molecule has 1 amide bonds. The summed E-state index contributed by atoms with van der Waals surface area (Å²) in [5, 5.41) is 2.28. The SMILES string of the molecule is O=C(Nc1cccc(F)c1F)c1ccccc1-c1ccc(C(F)(F)F)cc1. The number of carbonyl (C=O) groups is 1. The van der Waals surface area contributed by atoms with Crippen LogP contribution < -0.4 is 5.32 Å². The smallest absolute Gasteiger partial charge is 0.319 e. The number of benzene rings is 3. The Bertz CT molecular complexity index is 980. The van der Waals surface area contributed by atoms with E-state index in [9.17, 15) is 26.7 Å². The van der Waals surface area contributed by atoms with E-state index in [1.54, 1.807) is 18.2 Å². The summed E-state index contributed by atoms with van der Waals surface area (Å²) in [6.45, 7) is 0. The van der Waals surface area contributed by atoms with Crippen molar-refractivity contribution >= 4 is 11.6 Å². The number of amides is 1. The number of halogens is 5. The zero-order valence-corrected chi connectivity index (χ0v) is 13.6. The summed E-state index contributed by atoms with van der Waals surface area (Å²) in [5.74, 6) is -3.02. The molecule has 0 aromatic heterocycles. The highest BCUT2D eigenvalue weighted by Crippen LogP contribution is 2.32. The molecule has 3 aromatic rings. The van der Waals surface area contributed by atoms with E-state index in [4.69, 9.17) is 0 Å². The van der Waals surface area contributed by atoms with Gasteiger partial charge in [0.05, 0.1) is 11.3 Å². The lowest BCUT2D eigenvalue weighted by Crippen LogP contribution is -2.14. The second-order valence-corrected chi connectivity index (χ2v) is 5.68. The molecule has 0 atom stereocenters. The lowest BCUT2D eigenvalue weighted by atomic mass is 9.98. The quantitative estimate of drug-likeness (QED) is 0.566. The maximum atomic E-state index is 13.8. The minimum Gasteiger partial charge on any atom is -0.319 e. The average Bonchev–Trinajstić information content (AvgIpc) is 2.65. The lowest BCUT2D eigenvalue weighted by molar-refractivity contribution is -0.137. The third-order valence-corrected chi connectivity index (χ3v) is 3.89. The van der Waals surface area contributed by atoms with Gasteiger partial charge in [0.1, 0.15) is 0 Å². The molecule has 138 valence electrons. The van der Waals surface area contributed by atoms with Gasteiger partial charge in [0, 0.05) is 5.56 Å². The van der Waals surface area contributed by atoms with E-state index in [0.717, 1.165) is 18.2 Å². The van der Waals surface area contributed by atoms with Gasteiger partial charge in [0.25, 0.3) is 5.91 Å². The summed E-state index contributed by atoms with van der Waals surface area (Å²) in [6, 6.07) is 13.9. The van der Waals surface area contributed by atoms with Crippen LogP contribution >= 0.6 is 0 Å². The molecule has 0 aliphatic heterocycles. The van der Waals surface area contributed by atoms with Crippen LogP contribution in [0.3, 0.4) is 0 Å². The van der Waals surface area contributed by atoms with Gasteiger partial charge in [-0.15, -0.1) is 0 Å². The summed E-state index contributed by atoms with van der Waals surface area (Å²) in [7, 11) is 0. The van der Waals surface area contributed by atoms with Crippen molar-refractivity contribution in [3.05, 3.63) is 89.5 Å². The Kier molecular flexibility index (Phi) is 4.94. The van der Waals surface area contributed by atoms with E-state index in [-0.39, 0.29) is 11.3 Å². The molecule has 0 radical (unpaired) electrons. The molecule has 0 spiro atoms. The van der Waals surface area contributed by atoms with E-state index < -0.39 is 29.3 Å². The zero-order valence-electron chi connectivity index (χ0n) is 13.6. The highest BCUT2D eigenvalue weighted by molar-refractivity contribution is 6.08. The van der Waals surface area contributed by atoms with Gasteiger partial charge in [0.15, 0.2) is 11.6 Å². The van der Waals surface area contributed by atoms with Crippen molar-refractivity contribution in [2.24, 2.45) is 0 Å². The van der Waals surface area contributed by atoms with Crippen LogP contribution in [0.4, 0.5) is 27.6 Å². The Hall–Kier alpha value is -3.22. The molecule has 1 N–H and O–H groups in total. The molecule has 3 rings (SSSR count). The number of anilines is 1. The summed E-state index contributed by atoms with van der Waals surface area (Å²) >= 11 is 0. The molecule has 0 unspecified atom stereocenters. The maximum Gasteiger partial charge on any atom is 0.416 e. The van der Waals surface area contributed by atoms with E-state index >= 15 is 0 Å². The molecule has 0 aliphatic rings. The van der Waals surface area contributed by atoms with Gasteiger partial charge in [-0.3, -0.25) is 4.79 Å². The summed E-state index contributed by atoms with van der Waals surface area (Å²) < 4.78 is 65.2. The third-order valence-electron chi connectivity index (χ3n) is 3.89. The third kappa shape index (κ3) is 3.97. The molecule has 3 aromatic carbocycles. The van der Waals surface area contributed by atoms with Gasteiger partial charge in [-0.2, -0.15) is 13.2 Å². The van der Waals surface area contributed by atoms with Crippen LogP contribution in [0.2, 0.25) is 0 Å². The minimum atomic E-state index is -4.47. The molecular formula is C20H12F5NO. The first-order valence-electron chi connectivity index (χ1n) is 7.79. The number of hydrogen-bond donors (Lipinski definition) is 1. The monoisotopic (exact) mass is 377 g/mol. The van der Waals surface area contributed by atoms with Crippen molar-refractivity contribution in [1.29, 1.82) is 0 Å². The van der Waals surface area contributed by atoms with Gasteiger partial charge >= 0.3 is 6.18 Å². The molecule has 27 heavy (non-hydrogen) atoms. The number of rotatable bonds is 3. The number of hydrogen-bond acceptors (Lipinski definition) is 1. The van der Waals surface area contributed by atoms with Crippen LogP contribution in [0.15, 0.2) is 66.7 Å². The molecule has 0 saturated carbocycles. The fourth-order valence-electron chi connectivity index (χ4n) is 2.56. The second kappa shape index (κ2) is 7.19. The molecule has 0 aliphatic carbocycles. The van der Waals surface area contributed by atoms with E-state index in [1.807, 2.05) is 0 Å². The average molecular weight is 377 g/mol. The highest BCUT2D eigenvalue weighted by atomic mass is 19.4. The predicted octanol–water partition coefficient (Wildman–Crippen LogP) is 5.90. The standard InChI is InChI=1S/C20H12F5NO/c21-16-6-3-7-17(18(16)22)26-19(27)15-5-2-1-4-14(15)12-8-10-13(11-9-12)20(23,24)25/h1-11H,(H,26,27). The minimum absolute atomic E-state index is 0.112.